The Bertz CT molecular complexity index is 1010. The molecular formula is C21H21FN4O2. The van der Waals surface area contributed by atoms with E-state index in [1.807, 2.05) is 19.3 Å². The number of pyridine rings is 1. The summed E-state index contributed by atoms with van der Waals surface area (Å²) in [5.41, 5.74) is 4.54. The van der Waals surface area contributed by atoms with Crippen molar-refractivity contribution in [3.63, 3.8) is 0 Å². The van der Waals surface area contributed by atoms with E-state index in [9.17, 15) is 9.18 Å². The Labute approximate surface area is 162 Å². The Kier molecular flexibility index (Phi) is 4.92. The predicted molar refractivity (Wildman–Crippen MR) is 103 cm³/mol. The number of carbonyl (C=O) groups is 1. The third kappa shape index (κ3) is 3.29. The lowest BCUT2D eigenvalue weighted by Crippen LogP contribution is -2.26. The first-order valence-corrected chi connectivity index (χ1v) is 9.14. The third-order valence-electron chi connectivity index (χ3n) is 4.88. The molecule has 0 spiro atoms. The number of halogens is 1. The van der Waals surface area contributed by atoms with Crippen molar-refractivity contribution in [2.45, 2.75) is 13.0 Å². The van der Waals surface area contributed by atoms with E-state index in [0.717, 1.165) is 28.8 Å². The summed E-state index contributed by atoms with van der Waals surface area (Å²) in [6.45, 7) is 1.73. The summed E-state index contributed by atoms with van der Waals surface area (Å²) in [6, 6.07) is 8.06. The molecule has 0 radical (unpaired) electrons. The molecule has 1 aliphatic heterocycles. The van der Waals surface area contributed by atoms with Crippen LogP contribution in [0.3, 0.4) is 0 Å². The zero-order valence-corrected chi connectivity index (χ0v) is 15.9. The molecule has 3 aromatic rings. The number of nitrogens with zero attached hydrogens (tertiary/aromatic N) is 4. The van der Waals surface area contributed by atoms with Gasteiger partial charge in [0, 0.05) is 56.4 Å². The molecule has 6 nitrogen and oxygen atoms in total. The minimum Gasteiger partial charge on any atom is -0.385 e. The second kappa shape index (κ2) is 7.52. The minimum absolute atomic E-state index is 0.0249. The largest absolute Gasteiger partial charge is 0.385 e. The average Bonchev–Trinajstić information content (AvgIpc) is 3.23. The first-order valence-electron chi connectivity index (χ1n) is 9.14. The molecule has 1 amide bonds. The number of benzene rings is 1. The van der Waals surface area contributed by atoms with E-state index in [0.29, 0.717) is 31.0 Å². The van der Waals surface area contributed by atoms with Crippen molar-refractivity contribution < 1.29 is 13.9 Å². The Balaban J connectivity index is 1.75. The van der Waals surface area contributed by atoms with E-state index < -0.39 is 0 Å². The highest BCUT2D eigenvalue weighted by atomic mass is 19.1. The van der Waals surface area contributed by atoms with Gasteiger partial charge in [0.25, 0.3) is 5.91 Å². The summed E-state index contributed by atoms with van der Waals surface area (Å²) in [4.78, 5) is 19.3. The highest BCUT2D eigenvalue weighted by Gasteiger charge is 2.32. The molecule has 144 valence electrons. The molecule has 7 heteroatoms. The number of carbonyl (C=O) groups excluding carboxylic acids is 1. The van der Waals surface area contributed by atoms with Gasteiger partial charge in [-0.15, -0.1) is 0 Å². The average molecular weight is 380 g/mol. The van der Waals surface area contributed by atoms with Crippen LogP contribution >= 0.6 is 0 Å². The van der Waals surface area contributed by atoms with Gasteiger partial charge >= 0.3 is 0 Å². The van der Waals surface area contributed by atoms with Crippen molar-refractivity contribution in [3.05, 3.63) is 59.8 Å². The number of fused-ring (bicyclic) bond motifs is 1. The molecule has 3 heterocycles. The SMILES string of the molecule is COCCCN1Cc2nccc(-c3cn(C)nc3-c3ccc(F)cc3)c2C1=O. The van der Waals surface area contributed by atoms with Crippen LogP contribution in [0.4, 0.5) is 4.39 Å². The lowest BCUT2D eigenvalue weighted by Gasteiger charge is -2.14. The summed E-state index contributed by atoms with van der Waals surface area (Å²) in [5.74, 6) is -0.323. The van der Waals surface area contributed by atoms with Gasteiger partial charge in [-0.05, 0) is 36.8 Å². The second-order valence-corrected chi connectivity index (χ2v) is 6.83. The van der Waals surface area contributed by atoms with E-state index >= 15 is 0 Å². The van der Waals surface area contributed by atoms with Gasteiger partial charge in [0.2, 0.25) is 0 Å². The smallest absolute Gasteiger partial charge is 0.256 e. The van der Waals surface area contributed by atoms with Crippen LogP contribution in [-0.4, -0.2) is 45.8 Å². The maximum atomic E-state index is 13.3. The fourth-order valence-electron chi connectivity index (χ4n) is 3.59. The van der Waals surface area contributed by atoms with E-state index in [-0.39, 0.29) is 11.7 Å². The Morgan fingerprint density at radius 3 is 2.71 bits per heavy atom. The lowest BCUT2D eigenvalue weighted by molar-refractivity contribution is 0.0760. The van der Waals surface area contributed by atoms with Crippen molar-refractivity contribution in [1.29, 1.82) is 0 Å². The number of aryl methyl sites for hydroxylation is 1. The van der Waals surface area contributed by atoms with Crippen LogP contribution in [0.25, 0.3) is 22.4 Å². The van der Waals surface area contributed by atoms with Crippen molar-refractivity contribution in [3.8, 4) is 22.4 Å². The number of amides is 1. The monoisotopic (exact) mass is 380 g/mol. The molecule has 0 N–H and O–H groups in total. The van der Waals surface area contributed by atoms with Crippen molar-refractivity contribution in [2.75, 3.05) is 20.3 Å². The van der Waals surface area contributed by atoms with E-state index in [1.54, 1.807) is 35.0 Å². The van der Waals surface area contributed by atoms with Crippen LogP contribution in [0.5, 0.6) is 0 Å². The number of rotatable bonds is 6. The van der Waals surface area contributed by atoms with Crippen LogP contribution in [0.15, 0.2) is 42.7 Å². The molecular weight excluding hydrogens is 359 g/mol. The van der Waals surface area contributed by atoms with E-state index in [2.05, 4.69) is 10.1 Å². The Hall–Kier alpha value is -3.06. The molecule has 0 fully saturated rings. The van der Waals surface area contributed by atoms with Gasteiger partial charge in [-0.2, -0.15) is 5.10 Å². The molecule has 2 aromatic heterocycles. The number of hydrogen-bond donors (Lipinski definition) is 0. The quantitative estimate of drug-likeness (QED) is 0.616. The molecule has 0 saturated heterocycles. The van der Waals surface area contributed by atoms with Crippen LogP contribution in [0, 0.1) is 5.82 Å². The number of aromatic nitrogens is 3. The predicted octanol–water partition coefficient (Wildman–Crippen LogP) is 3.28. The highest BCUT2D eigenvalue weighted by molar-refractivity contribution is 6.05. The maximum absolute atomic E-state index is 13.3. The van der Waals surface area contributed by atoms with Crippen LogP contribution in [-0.2, 0) is 18.3 Å². The topological polar surface area (TPSA) is 60.2 Å². The molecule has 0 saturated carbocycles. The fraction of sp³-hybridized carbons (Fsp3) is 0.286. The van der Waals surface area contributed by atoms with Gasteiger partial charge in [-0.1, -0.05) is 0 Å². The van der Waals surface area contributed by atoms with Crippen molar-refractivity contribution >= 4 is 5.91 Å². The molecule has 0 unspecified atom stereocenters. The number of methoxy groups -OCH3 is 1. The summed E-state index contributed by atoms with van der Waals surface area (Å²) in [5, 5.41) is 4.55. The van der Waals surface area contributed by atoms with Gasteiger partial charge in [-0.25, -0.2) is 4.39 Å². The van der Waals surface area contributed by atoms with Gasteiger partial charge in [0.1, 0.15) is 11.5 Å². The standard InChI is InChI=1S/C21H21FN4O2/c1-25-12-17(20(24-25)14-4-6-15(22)7-5-14)16-8-9-23-18-13-26(10-3-11-28-2)21(27)19(16)18/h4-9,12H,3,10-11,13H2,1-2H3. The molecule has 4 rings (SSSR count). The molecule has 1 aromatic carbocycles. The van der Waals surface area contributed by atoms with Gasteiger partial charge in [0.15, 0.2) is 0 Å². The number of hydrogen-bond acceptors (Lipinski definition) is 4. The normalized spacial score (nSPS) is 13.2. The van der Waals surface area contributed by atoms with Crippen LogP contribution in [0.1, 0.15) is 22.5 Å². The maximum Gasteiger partial charge on any atom is 0.256 e. The van der Waals surface area contributed by atoms with E-state index in [1.165, 1.54) is 12.1 Å². The Morgan fingerprint density at radius 2 is 1.96 bits per heavy atom. The summed E-state index contributed by atoms with van der Waals surface area (Å²) < 4.78 is 20.1. The molecule has 0 aliphatic carbocycles. The van der Waals surface area contributed by atoms with Crippen LogP contribution in [0.2, 0.25) is 0 Å². The van der Waals surface area contributed by atoms with Crippen molar-refractivity contribution in [1.82, 2.24) is 19.7 Å². The Morgan fingerprint density at radius 1 is 1.18 bits per heavy atom. The summed E-state index contributed by atoms with van der Waals surface area (Å²) in [7, 11) is 3.48. The zero-order valence-electron chi connectivity index (χ0n) is 15.9. The highest BCUT2D eigenvalue weighted by Crippen LogP contribution is 2.36. The second-order valence-electron chi connectivity index (χ2n) is 6.83. The van der Waals surface area contributed by atoms with Gasteiger partial charge in [-0.3, -0.25) is 14.5 Å². The molecule has 1 aliphatic rings. The summed E-state index contributed by atoms with van der Waals surface area (Å²) in [6.07, 6.45) is 4.38. The molecule has 0 bridgehead atoms. The lowest BCUT2D eigenvalue weighted by atomic mass is 9.97. The summed E-state index contributed by atoms with van der Waals surface area (Å²) >= 11 is 0. The fourth-order valence-corrected chi connectivity index (χ4v) is 3.59. The van der Waals surface area contributed by atoms with Crippen molar-refractivity contribution in [2.24, 2.45) is 7.05 Å². The van der Waals surface area contributed by atoms with E-state index in [4.69, 9.17) is 4.74 Å². The first-order chi connectivity index (χ1) is 13.6. The number of ether oxygens (including phenoxy) is 1. The van der Waals surface area contributed by atoms with Gasteiger partial charge in [0.05, 0.1) is 17.8 Å². The zero-order chi connectivity index (χ0) is 19.7. The first kappa shape index (κ1) is 18.3. The minimum atomic E-state index is -0.298. The van der Waals surface area contributed by atoms with Gasteiger partial charge < -0.3 is 9.64 Å². The molecule has 28 heavy (non-hydrogen) atoms. The third-order valence-corrected chi connectivity index (χ3v) is 4.88. The molecule has 0 atom stereocenters. The van der Waals surface area contributed by atoms with Crippen LogP contribution < -0.4 is 0 Å².